The maximum absolute atomic E-state index is 11.6. The number of aromatic hydroxyl groups is 1. The fraction of sp³-hybridized carbons (Fsp3) is 0.300. The lowest BCUT2D eigenvalue weighted by molar-refractivity contribution is 0.0951. The summed E-state index contributed by atoms with van der Waals surface area (Å²) in [6.07, 6.45) is 0.871. The molecular weight excluding hydrogens is 373 g/mol. The number of hydrogen-bond donors (Lipinski definition) is 2. The average Bonchev–Trinajstić information content (AvgIpc) is 2.22. The van der Waals surface area contributed by atoms with E-state index in [1.165, 1.54) is 6.07 Å². The Morgan fingerprint density at radius 1 is 1.53 bits per heavy atom. The van der Waals surface area contributed by atoms with Crippen molar-refractivity contribution in [3.63, 3.8) is 0 Å². The summed E-state index contributed by atoms with van der Waals surface area (Å²) in [6.45, 7) is 0.606. The number of phenols is 1. The van der Waals surface area contributed by atoms with Crippen LogP contribution < -0.4 is 5.32 Å². The summed E-state index contributed by atoms with van der Waals surface area (Å²) in [5.41, 5.74) is 0.330. The van der Waals surface area contributed by atoms with Crippen molar-refractivity contribution in [2.75, 3.05) is 11.9 Å². The Labute approximate surface area is 111 Å². The highest BCUT2D eigenvalue weighted by Crippen LogP contribution is 2.19. The van der Waals surface area contributed by atoms with Gasteiger partial charge in [0.2, 0.25) is 0 Å². The Balaban J connectivity index is 2.68. The van der Waals surface area contributed by atoms with E-state index in [1.807, 2.05) is 0 Å². The van der Waals surface area contributed by atoms with Crippen molar-refractivity contribution in [1.29, 1.82) is 0 Å². The fourth-order valence-electron chi connectivity index (χ4n) is 1.05. The van der Waals surface area contributed by atoms with Crippen molar-refractivity contribution < 1.29 is 9.90 Å². The largest absolute Gasteiger partial charge is 0.507 e. The predicted molar refractivity (Wildman–Crippen MR) is 71.6 cm³/mol. The number of carbonyl (C=O) groups excluding carboxylic acids is 1. The van der Waals surface area contributed by atoms with Crippen LogP contribution >= 0.6 is 38.5 Å². The van der Waals surface area contributed by atoms with E-state index >= 15 is 0 Å². The molecule has 0 aliphatic carbocycles. The average molecular weight is 384 g/mol. The molecule has 0 aliphatic heterocycles. The minimum atomic E-state index is -0.230. The Morgan fingerprint density at radius 2 is 2.27 bits per heavy atom. The van der Waals surface area contributed by atoms with Crippen LogP contribution in [0, 0.1) is 3.57 Å². The second-order valence-electron chi connectivity index (χ2n) is 2.96. The van der Waals surface area contributed by atoms with Gasteiger partial charge in [-0.25, -0.2) is 0 Å². The standard InChI is InChI=1S/C10H11BrINO2/c11-4-1-5-13-10(15)8-6-7(12)2-3-9(8)14/h2-3,6,14H,1,4-5H2,(H,13,15). The first-order chi connectivity index (χ1) is 7.15. The Bertz CT molecular complexity index is 357. The van der Waals surface area contributed by atoms with Gasteiger partial charge in [-0.2, -0.15) is 0 Å². The van der Waals surface area contributed by atoms with Crippen LogP contribution in [0.15, 0.2) is 18.2 Å². The molecule has 1 aromatic carbocycles. The van der Waals surface area contributed by atoms with Crippen molar-refractivity contribution in [2.45, 2.75) is 6.42 Å². The van der Waals surface area contributed by atoms with E-state index < -0.39 is 0 Å². The fourth-order valence-corrected chi connectivity index (χ4v) is 1.83. The maximum Gasteiger partial charge on any atom is 0.255 e. The third kappa shape index (κ3) is 3.98. The number of halogens is 2. The van der Waals surface area contributed by atoms with Gasteiger partial charge < -0.3 is 10.4 Å². The van der Waals surface area contributed by atoms with Crippen molar-refractivity contribution in [2.24, 2.45) is 0 Å². The van der Waals surface area contributed by atoms with Crippen molar-refractivity contribution in [3.05, 3.63) is 27.3 Å². The van der Waals surface area contributed by atoms with E-state index in [2.05, 4.69) is 43.8 Å². The van der Waals surface area contributed by atoms with Gasteiger partial charge in [0, 0.05) is 15.4 Å². The highest BCUT2D eigenvalue weighted by Gasteiger charge is 2.10. The molecule has 0 aliphatic rings. The normalized spacial score (nSPS) is 10.0. The zero-order chi connectivity index (χ0) is 11.3. The summed E-state index contributed by atoms with van der Waals surface area (Å²) >= 11 is 5.38. The molecule has 1 amide bonds. The second-order valence-corrected chi connectivity index (χ2v) is 5.00. The summed E-state index contributed by atoms with van der Waals surface area (Å²) in [5.74, 6) is -0.210. The van der Waals surface area contributed by atoms with Crippen LogP contribution in [0.1, 0.15) is 16.8 Å². The van der Waals surface area contributed by atoms with Gasteiger partial charge in [-0.15, -0.1) is 0 Å². The molecule has 3 nitrogen and oxygen atoms in total. The Hall–Kier alpha value is -0.300. The van der Waals surface area contributed by atoms with Gasteiger partial charge in [0.15, 0.2) is 0 Å². The lowest BCUT2D eigenvalue weighted by atomic mass is 10.2. The predicted octanol–water partition coefficient (Wildman–Crippen LogP) is 2.51. The third-order valence-electron chi connectivity index (χ3n) is 1.80. The molecule has 0 atom stereocenters. The minimum absolute atomic E-state index is 0.0201. The SMILES string of the molecule is O=C(NCCCBr)c1cc(I)ccc1O. The van der Waals surface area contributed by atoms with Crippen LogP contribution in [0.5, 0.6) is 5.75 Å². The lowest BCUT2D eigenvalue weighted by Gasteiger charge is -2.06. The first-order valence-corrected chi connectivity index (χ1v) is 6.68. The number of nitrogens with one attached hydrogen (secondary N) is 1. The van der Waals surface area contributed by atoms with E-state index in [-0.39, 0.29) is 11.7 Å². The number of alkyl halides is 1. The van der Waals surface area contributed by atoms with E-state index in [4.69, 9.17) is 0 Å². The van der Waals surface area contributed by atoms with E-state index in [0.29, 0.717) is 12.1 Å². The smallest absolute Gasteiger partial charge is 0.255 e. The molecule has 15 heavy (non-hydrogen) atoms. The van der Waals surface area contributed by atoms with E-state index in [0.717, 1.165) is 15.3 Å². The number of hydrogen-bond acceptors (Lipinski definition) is 2. The number of carbonyl (C=O) groups is 1. The van der Waals surface area contributed by atoms with Gasteiger partial charge in [0.1, 0.15) is 5.75 Å². The summed E-state index contributed by atoms with van der Waals surface area (Å²) in [5, 5.41) is 13.1. The highest BCUT2D eigenvalue weighted by atomic mass is 127. The zero-order valence-electron chi connectivity index (χ0n) is 7.96. The summed E-state index contributed by atoms with van der Waals surface area (Å²) in [7, 11) is 0. The van der Waals surface area contributed by atoms with Crippen LogP contribution in [0.25, 0.3) is 0 Å². The number of phenolic OH excluding ortho intramolecular Hbond substituents is 1. The number of rotatable bonds is 4. The summed E-state index contributed by atoms with van der Waals surface area (Å²) in [6, 6.07) is 4.95. The van der Waals surface area contributed by atoms with Crippen molar-refractivity contribution in [3.8, 4) is 5.75 Å². The molecule has 0 aromatic heterocycles. The second kappa shape index (κ2) is 6.32. The van der Waals surface area contributed by atoms with Crippen LogP contribution in [-0.4, -0.2) is 22.9 Å². The van der Waals surface area contributed by atoms with Gasteiger partial charge in [0.05, 0.1) is 5.56 Å². The Morgan fingerprint density at radius 3 is 2.93 bits per heavy atom. The van der Waals surface area contributed by atoms with Gasteiger partial charge in [-0.05, 0) is 47.2 Å². The highest BCUT2D eigenvalue weighted by molar-refractivity contribution is 14.1. The minimum Gasteiger partial charge on any atom is -0.507 e. The monoisotopic (exact) mass is 383 g/mol. The van der Waals surface area contributed by atoms with E-state index in [1.54, 1.807) is 12.1 Å². The van der Waals surface area contributed by atoms with Gasteiger partial charge in [-0.1, -0.05) is 15.9 Å². The molecule has 82 valence electrons. The zero-order valence-corrected chi connectivity index (χ0v) is 11.7. The molecule has 0 radical (unpaired) electrons. The third-order valence-corrected chi connectivity index (χ3v) is 3.03. The Kier molecular flexibility index (Phi) is 5.38. The molecule has 0 heterocycles. The van der Waals surface area contributed by atoms with Crippen LogP contribution in [0.3, 0.4) is 0 Å². The molecule has 1 rings (SSSR count). The first kappa shape index (κ1) is 12.8. The number of benzene rings is 1. The van der Waals surface area contributed by atoms with Crippen molar-refractivity contribution in [1.82, 2.24) is 5.32 Å². The quantitative estimate of drug-likeness (QED) is 0.477. The van der Waals surface area contributed by atoms with Gasteiger partial charge >= 0.3 is 0 Å². The van der Waals surface area contributed by atoms with Gasteiger partial charge in [0.25, 0.3) is 5.91 Å². The molecule has 0 spiro atoms. The summed E-state index contributed by atoms with van der Waals surface area (Å²) in [4.78, 5) is 11.6. The molecule has 0 saturated heterocycles. The van der Waals surface area contributed by atoms with Crippen LogP contribution in [-0.2, 0) is 0 Å². The van der Waals surface area contributed by atoms with Gasteiger partial charge in [-0.3, -0.25) is 4.79 Å². The van der Waals surface area contributed by atoms with Crippen molar-refractivity contribution >= 4 is 44.4 Å². The molecule has 0 saturated carbocycles. The molecule has 1 aromatic rings. The molecule has 0 unspecified atom stereocenters. The van der Waals surface area contributed by atoms with Crippen LogP contribution in [0.2, 0.25) is 0 Å². The van der Waals surface area contributed by atoms with Crippen LogP contribution in [0.4, 0.5) is 0 Å². The molecule has 0 fully saturated rings. The number of amides is 1. The molecule has 0 bridgehead atoms. The molecule has 5 heteroatoms. The van der Waals surface area contributed by atoms with E-state index in [9.17, 15) is 9.90 Å². The molecular formula is C10H11BrINO2. The topological polar surface area (TPSA) is 49.3 Å². The first-order valence-electron chi connectivity index (χ1n) is 4.48. The summed E-state index contributed by atoms with van der Waals surface area (Å²) < 4.78 is 0.927. The molecule has 2 N–H and O–H groups in total. The maximum atomic E-state index is 11.6. The lowest BCUT2D eigenvalue weighted by Crippen LogP contribution is -2.24.